The summed E-state index contributed by atoms with van der Waals surface area (Å²) in [6.45, 7) is 1.67. The first-order valence-electron chi connectivity index (χ1n) is 4.93. The summed E-state index contributed by atoms with van der Waals surface area (Å²) in [6.07, 6.45) is 0. The largest absolute Gasteiger partial charge is 0.395 e. The van der Waals surface area contributed by atoms with Crippen molar-refractivity contribution < 1.29 is 15.0 Å². The number of carbonyl (C=O) groups is 1. The number of anilines is 1. The van der Waals surface area contributed by atoms with Gasteiger partial charge < -0.3 is 20.8 Å². The lowest BCUT2D eigenvalue weighted by Crippen LogP contribution is -2.36. The zero-order chi connectivity index (χ0) is 12.1. The predicted molar refractivity (Wildman–Crippen MR) is 57.8 cm³/mol. The van der Waals surface area contributed by atoms with E-state index in [0.29, 0.717) is 11.3 Å². The summed E-state index contributed by atoms with van der Waals surface area (Å²) in [5, 5.41) is 24.0. The third-order valence-corrected chi connectivity index (χ3v) is 2.22. The first kappa shape index (κ1) is 12.5. The molecule has 0 unspecified atom stereocenters. The van der Waals surface area contributed by atoms with Crippen molar-refractivity contribution in [2.24, 2.45) is 0 Å². The Morgan fingerprint density at radius 3 is 2.38 bits per heavy atom. The van der Waals surface area contributed by atoms with Crippen LogP contribution in [0, 0.1) is 6.92 Å². The van der Waals surface area contributed by atoms with Crippen LogP contribution in [0.15, 0.2) is 0 Å². The third-order valence-electron chi connectivity index (χ3n) is 2.22. The van der Waals surface area contributed by atoms with Crippen molar-refractivity contribution in [2.75, 3.05) is 32.0 Å². The Morgan fingerprint density at radius 1 is 1.44 bits per heavy atom. The Kier molecular flexibility index (Phi) is 4.27. The molecule has 0 aliphatic carbocycles. The van der Waals surface area contributed by atoms with E-state index in [4.69, 9.17) is 15.9 Å². The Morgan fingerprint density at radius 2 is 2.00 bits per heavy atom. The standard InChI is InChI=1S/C9H16N4O3/c1-6-7(8(10)12-11-6)9(16)13(2-4-14)3-5-15/h14-15H,2-5H2,1H3,(H3,10,11,12). The van der Waals surface area contributed by atoms with Crippen LogP contribution in [0.3, 0.4) is 0 Å². The summed E-state index contributed by atoms with van der Waals surface area (Å²) in [6, 6.07) is 0. The Hall–Kier alpha value is -1.60. The number of rotatable bonds is 5. The highest BCUT2D eigenvalue weighted by atomic mass is 16.3. The van der Waals surface area contributed by atoms with Crippen molar-refractivity contribution >= 4 is 11.7 Å². The van der Waals surface area contributed by atoms with Crippen LogP contribution in [0.25, 0.3) is 0 Å². The summed E-state index contributed by atoms with van der Waals surface area (Å²) >= 11 is 0. The van der Waals surface area contributed by atoms with Crippen LogP contribution in [-0.4, -0.2) is 57.5 Å². The van der Waals surface area contributed by atoms with Crippen molar-refractivity contribution in [3.05, 3.63) is 11.3 Å². The van der Waals surface area contributed by atoms with Gasteiger partial charge in [0.25, 0.3) is 5.91 Å². The molecule has 0 aliphatic heterocycles. The van der Waals surface area contributed by atoms with Gasteiger partial charge in [0.15, 0.2) is 5.82 Å². The summed E-state index contributed by atoms with van der Waals surface area (Å²) in [4.78, 5) is 13.3. The number of aromatic nitrogens is 2. The number of hydrogen-bond donors (Lipinski definition) is 4. The van der Waals surface area contributed by atoms with Crippen LogP contribution in [-0.2, 0) is 0 Å². The van der Waals surface area contributed by atoms with E-state index < -0.39 is 0 Å². The van der Waals surface area contributed by atoms with Gasteiger partial charge in [0.2, 0.25) is 0 Å². The van der Waals surface area contributed by atoms with Gasteiger partial charge in [-0.25, -0.2) is 0 Å². The molecular formula is C9H16N4O3. The second kappa shape index (κ2) is 5.47. The quantitative estimate of drug-likeness (QED) is 0.501. The normalized spacial score (nSPS) is 10.4. The Bertz CT molecular complexity index is 338. The molecule has 1 rings (SSSR count). The van der Waals surface area contributed by atoms with Crippen LogP contribution in [0.4, 0.5) is 5.82 Å². The highest BCUT2D eigenvalue weighted by molar-refractivity contribution is 5.99. The third kappa shape index (κ3) is 2.50. The first-order chi connectivity index (χ1) is 7.61. The maximum Gasteiger partial charge on any atom is 0.259 e. The molecule has 0 saturated carbocycles. The molecule has 7 nitrogen and oxygen atoms in total. The second-order valence-electron chi connectivity index (χ2n) is 3.35. The van der Waals surface area contributed by atoms with Gasteiger partial charge in [-0.05, 0) is 6.92 Å². The van der Waals surface area contributed by atoms with Gasteiger partial charge in [0.05, 0.1) is 13.2 Å². The molecule has 0 aromatic carbocycles. The van der Waals surface area contributed by atoms with E-state index >= 15 is 0 Å². The molecule has 1 amide bonds. The van der Waals surface area contributed by atoms with E-state index in [-0.39, 0.29) is 38.0 Å². The monoisotopic (exact) mass is 228 g/mol. The van der Waals surface area contributed by atoms with Crippen molar-refractivity contribution in [1.82, 2.24) is 15.1 Å². The number of hydrogen-bond acceptors (Lipinski definition) is 5. The highest BCUT2D eigenvalue weighted by Crippen LogP contribution is 2.14. The Labute approximate surface area is 92.9 Å². The van der Waals surface area contributed by atoms with Crippen LogP contribution >= 0.6 is 0 Å². The van der Waals surface area contributed by atoms with Gasteiger partial charge in [-0.3, -0.25) is 9.89 Å². The lowest BCUT2D eigenvalue weighted by atomic mass is 10.2. The summed E-state index contributed by atoms with van der Waals surface area (Å²) in [5.74, 6) is -0.213. The van der Waals surface area contributed by atoms with E-state index in [0.717, 1.165) is 0 Å². The fourth-order valence-corrected chi connectivity index (χ4v) is 1.43. The van der Waals surface area contributed by atoms with E-state index in [9.17, 15) is 4.79 Å². The van der Waals surface area contributed by atoms with E-state index in [1.807, 2.05) is 0 Å². The van der Waals surface area contributed by atoms with E-state index in [1.54, 1.807) is 6.92 Å². The van der Waals surface area contributed by atoms with E-state index in [1.165, 1.54) is 4.90 Å². The lowest BCUT2D eigenvalue weighted by molar-refractivity contribution is 0.0685. The summed E-state index contributed by atoms with van der Waals surface area (Å²) in [7, 11) is 0. The number of aliphatic hydroxyl groups excluding tert-OH is 2. The average Bonchev–Trinajstić information content (AvgIpc) is 2.57. The maximum absolute atomic E-state index is 12.0. The number of nitrogens with two attached hydrogens (primary N) is 1. The number of nitrogens with one attached hydrogen (secondary N) is 1. The number of carbonyl (C=O) groups excluding carboxylic acids is 1. The van der Waals surface area contributed by atoms with Crippen LogP contribution in [0.1, 0.15) is 16.1 Å². The number of H-pyrrole nitrogens is 1. The lowest BCUT2D eigenvalue weighted by Gasteiger charge is -2.20. The van der Waals surface area contributed by atoms with Gasteiger partial charge in [0.1, 0.15) is 5.56 Å². The fraction of sp³-hybridized carbons (Fsp3) is 0.556. The van der Waals surface area contributed by atoms with Gasteiger partial charge >= 0.3 is 0 Å². The zero-order valence-electron chi connectivity index (χ0n) is 9.10. The van der Waals surface area contributed by atoms with Crippen molar-refractivity contribution in [3.63, 3.8) is 0 Å². The number of aliphatic hydroxyl groups is 2. The smallest absolute Gasteiger partial charge is 0.259 e. The molecule has 7 heteroatoms. The molecule has 90 valence electrons. The molecule has 0 spiro atoms. The van der Waals surface area contributed by atoms with Crippen LogP contribution < -0.4 is 5.73 Å². The molecule has 16 heavy (non-hydrogen) atoms. The Balaban J connectivity index is 2.89. The first-order valence-corrected chi connectivity index (χ1v) is 4.93. The number of aromatic amines is 1. The van der Waals surface area contributed by atoms with Gasteiger partial charge in [-0.1, -0.05) is 0 Å². The average molecular weight is 228 g/mol. The minimum absolute atomic E-state index is 0.128. The van der Waals surface area contributed by atoms with Crippen molar-refractivity contribution in [2.45, 2.75) is 6.92 Å². The van der Waals surface area contributed by atoms with Gasteiger partial charge in [-0.2, -0.15) is 5.10 Å². The molecule has 5 N–H and O–H groups in total. The molecule has 0 saturated heterocycles. The zero-order valence-corrected chi connectivity index (χ0v) is 9.10. The second-order valence-corrected chi connectivity index (χ2v) is 3.35. The molecule has 0 radical (unpaired) electrons. The topological polar surface area (TPSA) is 115 Å². The minimum Gasteiger partial charge on any atom is -0.395 e. The van der Waals surface area contributed by atoms with Crippen LogP contribution in [0.2, 0.25) is 0 Å². The summed E-state index contributed by atoms with van der Waals surface area (Å²) < 4.78 is 0. The number of amides is 1. The number of nitrogens with zero attached hydrogens (tertiary/aromatic N) is 2. The molecule has 0 atom stereocenters. The maximum atomic E-state index is 12.0. The van der Waals surface area contributed by atoms with E-state index in [2.05, 4.69) is 10.2 Å². The van der Waals surface area contributed by atoms with Gasteiger partial charge in [0, 0.05) is 18.8 Å². The number of aryl methyl sites for hydroxylation is 1. The molecule has 0 aliphatic rings. The predicted octanol–water partition coefficient (Wildman–Crippen LogP) is -1.27. The molecule has 0 bridgehead atoms. The molecule has 0 fully saturated rings. The SMILES string of the molecule is Cc1[nH]nc(N)c1C(=O)N(CCO)CCO. The molecule has 1 aromatic heterocycles. The summed E-state index contributed by atoms with van der Waals surface area (Å²) in [5.41, 5.74) is 6.42. The fourth-order valence-electron chi connectivity index (χ4n) is 1.43. The van der Waals surface area contributed by atoms with Gasteiger partial charge in [-0.15, -0.1) is 0 Å². The minimum atomic E-state index is -0.341. The number of nitrogen functional groups attached to an aromatic ring is 1. The van der Waals surface area contributed by atoms with Crippen LogP contribution in [0.5, 0.6) is 0 Å². The van der Waals surface area contributed by atoms with Crippen molar-refractivity contribution in [3.8, 4) is 0 Å². The molecular weight excluding hydrogens is 212 g/mol. The molecule has 1 heterocycles. The highest BCUT2D eigenvalue weighted by Gasteiger charge is 2.21. The van der Waals surface area contributed by atoms with Crippen molar-refractivity contribution in [1.29, 1.82) is 0 Å². The molecule has 1 aromatic rings.